The number of hydrogen-bond acceptors (Lipinski definition) is 2. The Hall–Kier alpha value is -0.770. The van der Waals surface area contributed by atoms with Gasteiger partial charge in [-0.25, -0.2) is 4.79 Å². The first kappa shape index (κ1) is 11.7. The number of likely N-dealkylation sites (tertiary alicyclic amines) is 1. The average molecular weight is 225 g/mol. The van der Waals surface area contributed by atoms with Crippen molar-refractivity contribution in [3.8, 4) is 0 Å². The number of carbonyl (C=O) groups excluding carboxylic acids is 1. The first-order valence-electron chi connectivity index (χ1n) is 6.58. The van der Waals surface area contributed by atoms with Gasteiger partial charge in [-0.2, -0.15) is 0 Å². The number of nitrogens with zero attached hydrogens (tertiary/aromatic N) is 1. The summed E-state index contributed by atoms with van der Waals surface area (Å²) in [6.07, 6.45) is 4.62. The van der Waals surface area contributed by atoms with E-state index in [1.165, 1.54) is 12.8 Å². The van der Waals surface area contributed by atoms with Crippen molar-refractivity contribution >= 4 is 6.03 Å². The van der Waals surface area contributed by atoms with Crippen LogP contribution in [0.15, 0.2) is 0 Å². The van der Waals surface area contributed by atoms with Crippen LogP contribution in [0.3, 0.4) is 0 Å². The molecule has 2 atom stereocenters. The van der Waals surface area contributed by atoms with Crippen molar-refractivity contribution in [1.82, 2.24) is 15.5 Å². The molecule has 2 aliphatic rings. The van der Waals surface area contributed by atoms with Gasteiger partial charge in [0.1, 0.15) is 0 Å². The van der Waals surface area contributed by atoms with Gasteiger partial charge in [0, 0.05) is 25.7 Å². The minimum absolute atomic E-state index is 0.143. The van der Waals surface area contributed by atoms with Crippen molar-refractivity contribution in [3.63, 3.8) is 0 Å². The van der Waals surface area contributed by atoms with Gasteiger partial charge in [-0.1, -0.05) is 13.3 Å². The summed E-state index contributed by atoms with van der Waals surface area (Å²) in [5.41, 5.74) is 0. The Balaban J connectivity index is 1.82. The molecule has 4 heteroatoms. The van der Waals surface area contributed by atoms with Crippen molar-refractivity contribution in [2.24, 2.45) is 5.92 Å². The van der Waals surface area contributed by atoms with E-state index in [1.807, 2.05) is 4.90 Å². The Morgan fingerprint density at radius 2 is 2.38 bits per heavy atom. The number of unbranched alkanes of at least 4 members (excludes halogenated alkanes) is 1. The first-order chi connectivity index (χ1) is 7.83. The standard InChI is InChI=1S/C12H23N3O/c1-2-3-6-14-12(16)15-8-5-10-4-7-13-9-11(10)15/h10-11,13H,2-9H2,1H3,(H,14,16)/t10-,11-/m1/s1. The third kappa shape index (κ3) is 2.48. The lowest BCUT2D eigenvalue weighted by Crippen LogP contribution is -2.51. The summed E-state index contributed by atoms with van der Waals surface area (Å²) in [5, 5.41) is 6.40. The molecule has 16 heavy (non-hydrogen) atoms. The number of amides is 2. The van der Waals surface area contributed by atoms with Gasteiger partial charge in [0.05, 0.1) is 0 Å². The molecule has 2 heterocycles. The Morgan fingerprint density at radius 1 is 1.50 bits per heavy atom. The molecule has 0 spiro atoms. The highest BCUT2D eigenvalue weighted by atomic mass is 16.2. The molecule has 0 aliphatic carbocycles. The van der Waals surface area contributed by atoms with Gasteiger partial charge < -0.3 is 15.5 Å². The van der Waals surface area contributed by atoms with Crippen LogP contribution in [-0.4, -0.2) is 43.2 Å². The largest absolute Gasteiger partial charge is 0.338 e. The van der Waals surface area contributed by atoms with Crippen molar-refractivity contribution in [3.05, 3.63) is 0 Å². The zero-order chi connectivity index (χ0) is 11.4. The predicted octanol–water partition coefficient (Wildman–Crippen LogP) is 1.18. The van der Waals surface area contributed by atoms with E-state index in [-0.39, 0.29) is 6.03 Å². The minimum atomic E-state index is 0.143. The number of nitrogens with one attached hydrogen (secondary N) is 2. The molecule has 0 unspecified atom stereocenters. The van der Waals surface area contributed by atoms with Gasteiger partial charge in [-0.3, -0.25) is 0 Å². The second kappa shape index (κ2) is 5.53. The van der Waals surface area contributed by atoms with Crippen LogP contribution in [0.5, 0.6) is 0 Å². The van der Waals surface area contributed by atoms with Crippen molar-refractivity contribution < 1.29 is 4.79 Å². The maximum Gasteiger partial charge on any atom is 0.317 e. The third-order valence-electron chi connectivity index (χ3n) is 3.80. The van der Waals surface area contributed by atoms with Crippen LogP contribution < -0.4 is 10.6 Å². The Kier molecular flexibility index (Phi) is 4.04. The fourth-order valence-corrected chi connectivity index (χ4v) is 2.79. The fourth-order valence-electron chi connectivity index (χ4n) is 2.79. The average Bonchev–Trinajstić information content (AvgIpc) is 2.73. The highest BCUT2D eigenvalue weighted by Gasteiger charge is 2.37. The lowest BCUT2D eigenvalue weighted by Gasteiger charge is -2.32. The number of rotatable bonds is 3. The molecule has 2 saturated heterocycles. The van der Waals surface area contributed by atoms with Crippen molar-refractivity contribution in [1.29, 1.82) is 0 Å². The Bertz CT molecular complexity index is 244. The maximum atomic E-state index is 12.0. The normalized spacial score (nSPS) is 28.9. The number of urea groups is 1. The second-order valence-electron chi connectivity index (χ2n) is 4.89. The predicted molar refractivity (Wildman–Crippen MR) is 64.4 cm³/mol. The van der Waals surface area contributed by atoms with Gasteiger partial charge >= 0.3 is 6.03 Å². The van der Waals surface area contributed by atoms with E-state index in [1.54, 1.807) is 0 Å². The lowest BCUT2D eigenvalue weighted by atomic mass is 9.93. The topological polar surface area (TPSA) is 44.4 Å². The van der Waals surface area contributed by atoms with E-state index in [0.29, 0.717) is 6.04 Å². The van der Waals surface area contributed by atoms with Gasteiger partial charge in [0.15, 0.2) is 0 Å². The number of hydrogen-bond donors (Lipinski definition) is 2. The molecular formula is C12H23N3O. The SMILES string of the molecule is CCCCNC(=O)N1CC[C@H]2CCNC[C@H]21. The van der Waals surface area contributed by atoms with E-state index in [9.17, 15) is 4.79 Å². The Labute approximate surface area is 97.8 Å². The molecule has 2 aliphatic heterocycles. The third-order valence-corrected chi connectivity index (χ3v) is 3.80. The quantitative estimate of drug-likeness (QED) is 0.708. The second-order valence-corrected chi connectivity index (χ2v) is 4.89. The maximum absolute atomic E-state index is 12.0. The molecule has 2 N–H and O–H groups in total. The highest BCUT2D eigenvalue weighted by molar-refractivity contribution is 5.75. The van der Waals surface area contributed by atoms with Crippen LogP contribution in [0.4, 0.5) is 4.79 Å². The van der Waals surface area contributed by atoms with Crippen LogP contribution in [-0.2, 0) is 0 Å². The van der Waals surface area contributed by atoms with Crippen molar-refractivity contribution in [2.75, 3.05) is 26.2 Å². The highest BCUT2D eigenvalue weighted by Crippen LogP contribution is 2.28. The summed E-state index contributed by atoms with van der Waals surface area (Å²) in [7, 11) is 0. The smallest absolute Gasteiger partial charge is 0.317 e. The summed E-state index contributed by atoms with van der Waals surface area (Å²) in [6.45, 7) is 5.99. The van der Waals surface area contributed by atoms with Crippen LogP contribution in [0.2, 0.25) is 0 Å². The van der Waals surface area contributed by atoms with Crippen LogP contribution in [0.25, 0.3) is 0 Å². The van der Waals surface area contributed by atoms with E-state index in [0.717, 1.165) is 44.9 Å². The molecule has 0 aromatic heterocycles. The zero-order valence-electron chi connectivity index (χ0n) is 10.2. The van der Waals surface area contributed by atoms with Gasteiger partial charge in [-0.05, 0) is 31.7 Å². The molecule has 0 aromatic carbocycles. The summed E-state index contributed by atoms with van der Waals surface area (Å²) < 4.78 is 0. The van der Waals surface area contributed by atoms with Crippen LogP contribution in [0.1, 0.15) is 32.6 Å². The molecule has 0 radical (unpaired) electrons. The summed E-state index contributed by atoms with van der Waals surface area (Å²) in [4.78, 5) is 14.0. The van der Waals surface area contributed by atoms with E-state index >= 15 is 0 Å². The van der Waals surface area contributed by atoms with Crippen molar-refractivity contribution in [2.45, 2.75) is 38.6 Å². The van der Waals surface area contributed by atoms with Gasteiger partial charge in [0.2, 0.25) is 0 Å². The molecule has 2 rings (SSSR count). The minimum Gasteiger partial charge on any atom is -0.338 e. The van der Waals surface area contributed by atoms with E-state index < -0.39 is 0 Å². The number of piperidine rings is 1. The molecule has 0 aromatic rings. The zero-order valence-corrected chi connectivity index (χ0v) is 10.2. The van der Waals surface area contributed by atoms with Gasteiger partial charge in [-0.15, -0.1) is 0 Å². The Morgan fingerprint density at radius 3 is 3.19 bits per heavy atom. The number of carbonyl (C=O) groups is 1. The number of fused-ring (bicyclic) bond motifs is 1. The molecule has 2 fully saturated rings. The molecule has 2 amide bonds. The molecule has 0 bridgehead atoms. The fraction of sp³-hybridized carbons (Fsp3) is 0.917. The van der Waals surface area contributed by atoms with E-state index in [2.05, 4.69) is 17.6 Å². The monoisotopic (exact) mass is 225 g/mol. The lowest BCUT2D eigenvalue weighted by molar-refractivity contribution is 0.175. The summed E-state index contributed by atoms with van der Waals surface area (Å²) in [6, 6.07) is 0.583. The van der Waals surface area contributed by atoms with Crippen LogP contribution in [0, 0.1) is 5.92 Å². The molecule has 4 nitrogen and oxygen atoms in total. The molecular weight excluding hydrogens is 202 g/mol. The van der Waals surface area contributed by atoms with Crippen LogP contribution >= 0.6 is 0 Å². The summed E-state index contributed by atoms with van der Waals surface area (Å²) >= 11 is 0. The summed E-state index contributed by atoms with van der Waals surface area (Å²) in [5.74, 6) is 0.734. The first-order valence-corrected chi connectivity index (χ1v) is 6.58. The van der Waals surface area contributed by atoms with Gasteiger partial charge in [0.25, 0.3) is 0 Å². The molecule has 92 valence electrons. The van der Waals surface area contributed by atoms with E-state index in [4.69, 9.17) is 0 Å². The molecule has 0 saturated carbocycles.